The van der Waals surface area contributed by atoms with E-state index in [-0.39, 0.29) is 5.91 Å². The molecule has 1 heterocycles. The molecule has 1 atom stereocenters. The summed E-state index contributed by atoms with van der Waals surface area (Å²) < 4.78 is 1.98. The number of carbonyl (C=O) groups is 2. The highest BCUT2D eigenvalue weighted by atomic mass is 32.2. The van der Waals surface area contributed by atoms with Crippen molar-refractivity contribution in [3.63, 3.8) is 0 Å². The molecule has 0 aliphatic heterocycles. The van der Waals surface area contributed by atoms with Gasteiger partial charge in [0.25, 0.3) is 0 Å². The molecule has 6 nitrogen and oxygen atoms in total. The minimum Gasteiger partial charge on any atom is -0.338 e. The Morgan fingerprint density at radius 3 is 2.74 bits per heavy atom. The molecule has 0 aliphatic rings. The molecule has 0 fully saturated rings. The number of rotatable bonds is 6. The van der Waals surface area contributed by atoms with Gasteiger partial charge in [0.05, 0.1) is 5.25 Å². The number of urea groups is 1. The first-order valence-corrected chi connectivity index (χ1v) is 8.28. The van der Waals surface area contributed by atoms with Crippen LogP contribution in [0.1, 0.15) is 19.4 Å². The smallest absolute Gasteiger partial charge is 0.321 e. The summed E-state index contributed by atoms with van der Waals surface area (Å²) in [6, 6.07) is 9.56. The zero-order valence-corrected chi connectivity index (χ0v) is 14.0. The number of thioether (sulfide) groups is 1. The molecule has 0 radical (unpaired) electrons. The van der Waals surface area contributed by atoms with Crippen LogP contribution in [0.3, 0.4) is 0 Å². The molecule has 1 aromatic carbocycles. The standard InChI is InChI=1S/C16H20N4O2S/c1-3-17-15(22)19-14(21)12(2)23-16-18-9-10-20(16)11-13-7-5-4-6-8-13/h4-10,12H,3,11H2,1-2H3,(H2,17,19,21,22). The minimum atomic E-state index is -0.474. The van der Waals surface area contributed by atoms with E-state index in [0.717, 1.165) is 10.7 Å². The molecule has 122 valence electrons. The van der Waals surface area contributed by atoms with Crippen molar-refractivity contribution in [3.8, 4) is 0 Å². The molecule has 0 saturated carbocycles. The van der Waals surface area contributed by atoms with E-state index in [1.165, 1.54) is 11.8 Å². The van der Waals surface area contributed by atoms with Crippen molar-refractivity contribution >= 4 is 23.7 Å². The fourth-order valence-corrected chi connectivity index (χ4v) is 2.81. The third-order valence-corrected chi connectivity index (χ3v) is 4.22. The van der Waals surface area contributed by atoms with Crippen LogP contribution in [0, 0.1) is 0 Å². The van der Waals surface area contributed by atoms with Gasteiger partial charge in [-0.05, 0) is 19.4 Å². The second-order valence-corrected chi connectivity index (χ2v) is 6.24. The van der Waals surface area contributed by atoms with Crippen LogP contribution in [0.4, 0.5) is 4.79 Å². The van der Waals surface area contributed by atoms with Crippen molar-refractivity contribution in [2.45, 2.75) is 30.8 Å². The van der Waals surface area contributed by atoms with E-state index in [1.54, 1.807) is 20.0 Å². The van der Waals surface area contributed by atoms with Gasteiger partial charge in [-0.1, -0.05) is 42.1 Å². The molecular weight excluding hydrogens is 312 g/mol. The van der Waals surface area contributed by atoms with Crippen molar-refractivity contribution in [2.24, 2.45) is 0 Å². The first-order chi connectivity index (χ1) is 11.1. The zero-order valence-electron chi connectivity index (χ0n) is 13.2. The van der Waals surface area contributed by atoms with Crippen LogP contribution in [0.15, 0.2) is 47.9 Å². The summed E-state index contributed by atoms with van der Waals surface area (Å²) in [6.07, 6.45) is 3.59. The number of amides is 3. The maximum Gasteiger partial charge on any atom is 0.321 e. The molecule has 1 unspecified atom stereocenters. The molecule has 0 bridgehead atoms. The summed E-state index contributed by atoms with van der Waals surface area (Å²) >= 11 is 1.32. The summed E-state index contributed by atoms with van der Waals surface area (Å²) in [5, 5.41) is 5.17. The Bertz CT molecular complexity index is 657. The van der Waals surface area contributed by atoms with E-state index < -0.39 is 11.3 Å². The van der Waals surface area contributed by atoms with E-state index >= 15 is 0 Å². The molecule has 2 rings (SSSR count). The zero-order chi connectivity index (χ0) is 16.7. The van der Waals surface area contributed by atoms with E-state index in [9.17, 15) is 9.59 Å². The number of imidazole rings is 1. The number of nitrogens with one attached hydrogen (secondary N) is 2. The lowest BCUT2D eigenvalue weighted by Gasteiger charge is -2.12. The SMILES string of the molecule is CCNC(=O)NC(=O)C(C)Sc1nccn1Cc1ccccc1. The van der Waals surface area contributed by atoms with Gasteiger partial charge in [0.15, 0.2) is 5.16 Å². The summed E-state index contributed by atoms with van der Waals surface area (Å²) in [7, 11) is 0. The van der Waals surface area contributed by atoms with Crippen molar-refractivity contribution in [2.75, 3.05) is 6.54 Å². The second-order valence-electron chi connectivity index (χ2n) is 4.93. The van der Waals surface area contributed by atoms with E-state index in [4.69, 9.17) is 0 Å². The van der Waals surface area contributed by atoms with Gasteiger partial charge in [0.2, 0.25) is 5.91 Å². The fraction of sp³-hybridized carbons (Fsp3) is 0.312. The van der Waals surface area contributed by atoms with Crippen LogP contribution >= 0.6 is 11.8 Å². The molecule has 1 aromatic heterocycles. The Labute approximate surface area is 139 Å². The van der Waals surface area contributed by atoms with E-state index in [0.29, 0.717) is 13.1 Å². The molecule has 3 amide bonds. The minimum absolute atomic E-state index is 0.338. The van der Waals surface area contributed by atoms with Crippen LogP contribution in [0.25, 0.3) is 0 Å². The average molecular weight is 332 g/mol. The highest BCUT2D eigenvalue weighted by Gasteiger charge is 2.19. The van der Waals surface area contributed by atoms with Crippen molar-refractivity contribution in [3.05, 3.63) is 48.3 Å². The lowest BCUT2D eigenvalue weighted by atomic mass is 10.2. The lowest BCUT2D eigenvalue weighted by molar-refractivity contribution is -0.119. The third kappa shape index (κ3) is 5.14. The van der Waals surface area contributed by atoms with Crippen LogP contribution in [-0.2, 0) is 11.3 Å². The maximum absolute atomic E-state index is 12.0. The Kier molecular flexibility index (Phi) is 6.22. The molecule has 0 saturated heterocycles. The number of carbonyl (C=O) groups excluding carboxylic acids is 2. The van der Waals surface area contributed by atoms with E-state index in [1.807, 2.05) is 41.1 Å². The molecule has 2 N–H and O–H groups in total. The van der Waals surface area contributed by atoms with Crippen LogP contribution < -0.4 is 10.6 Å². The van der Waals surface area contributed by atoms with Gasteiger partial charge < -0.3 is 9.88 Å². The Balaban J connectivity index is 1.96. The highest BCUT2D eigenvalue weighted by Crippen LogP contribution is 2.22. The molecular formula is C16H20N4O2S. The van der Waals surface area contributed by atoms with Crippen molar-refractivity contribution in [1.82, 2.24) is 20.2 Å². The van der Waals surface area contributed by atoms with Gasteiger partial charge in [-0.2, -0.15) is 0 Å². The summed E-state index contributed by atoms with van der Waals surface area (Å²) in [6.45, 7) is 4.71. The number of imide groups is 1. The Hall–Kier alpha value is -2.28. The lowest BCUT2D eigenvalue weighted by Crippen LogP contribution is -2.42. The van der Waals surface area contributed by atoms with E-state index in [2.05, 4.69) is 15.6 Å². The first-order valence-electron chi connectivity index (χ1n) is 7.40. The van der Waals surface area contributed by atoms with Gasteiger partial charge in [-0.3, -0.25) is 10.1 Å². The van der Waals surface area contributed by atoms with Crippen LogP contribution in [0.5, 0.6) is 0 Å². The van der Waals surface area contributed by atoms with Crippen molar-refractivity contribution in [1.29, 1.82) is 0 Å². The first kappa shape index (κ1) is 17.1. The van der Waals surface area contributed by atoms with Gasteiger partial charge in [-0.15, -0.1) is 0 Å². The summed E-state index contributed by atoms with van der Waals surface area (Å²) in [4.78, 5) is 27.7. The Morgan fingerprint density at radius 1 is 1.30 bits per heavy atom. The van der Waals surface area contributed by atoms with Gasteiger partial charge in [0, 0.05) is 25.5 Å². The predicted molar refractivity (Wildman–Crippen MR) is 90.3 cm³/mol. The maximum atomic E-state index is 12.0. The van der Waals surface area contributed by atoms with Gasteiger partial charge in [0.1, 0.15) is 0 Å². The number of nitrogens with zero attached hydrogens (tertiary/aromatic N) is 2. The largest absolute Gasteiger partial charge is 0.338 e. The summed E-state index contributed by atoms with van der Waals surface area (Å²) in [5.74, 6) is -0.338. The van der Waals surface area contributed by atoms with Crippen LogP contribution in [0.2, 0.25) is 0 Å². The van der Waals surface area contributed by atoms with Gasteiger partial charge in [-0.25, -0.2) is 9.78 Å². The Morgan fingerprint density at radius 2 is 2.04 bits per heavy atom. The summed E-state index contributed by atoms with van der Waals surface area (Å²) in [5.41, 5.74) is 1.16. The number of hydrogen-bond donors (Lipinski definition) is 2. The van der Waals surface area contributed by atoms with Gasteiger partial charge >= 0.3 is 6.03 Å². The quantitative estimate of drug-likeness (QED) is 0.796. The molecule has 0 spiro atoms. The third-order valence-electron chi connectivity index (χ3n) is 3.10. The monoisotopic (exact) mass is 332 g/mol. The highest BCUT2D eigenvalue weighted by molar-refractivity contribution is 8.00. The molecule has 0 aliphatic carbocycles. The number of aromatic nitrogens is 2. The topological polar surface area (TPSA) is 76.0 Å². The second kappa shape index (κ2) is 8.38. The van der Waals surface area contributed by atoms with Crippen LogP contribution in [-0.4, -0.2) is 33.3 Å². The van der Waals surface area contributed by atoms with Crippen molar-refractivity contribution < 1.29 is 9.59 Å². The molecule has 7 heteroatoms. The fourth-order valence-electron chi connectivity index (χ4n) is 1.94. The molecule has 2 aromatic rings. The average Bonchev–Trinajstić information content (AvgIpc) is 2.95. The number of benzene rings is 1. The predicted octanol–water partition coefficient (Wildman–Crippen LogP) is 2.26. The number of hydrogen-bond acceptors (Lipinski definition) is 4. The normalized spacial score (nSPS) is 11.7. The molecule has 23 heavy (non-hydrogen) atoms.